The highest BCUT2D eigenvalue weighted by Gasteiger charge is 2.25. The number of carboxylic acid groups (broad SMARTS) is 1. The van der Waals surface area contributed by atoms with Crippen molar-refractivity contribution in [1.29, 1.82) is 0 Å². The van der Waals surface area contributed by atoms with E-state index in [1.165, 1.54) is 18.2 Å². The van der Waals surface area contributed by atoms with Crippen molar-refractivity contribution in [3.63, 3.8) is 0 Å². The first kappa shape index (κ1) is 22.1. The largest absolute Gasteiger partial charge is 0.493 e. The summed E-state index contributed by atoms with van der Waals surface area (Å²) in [5.74, 6) is -0.568. The van der Waals surface area contributed by atoms with Crippen molar-refractivity contribution in [3.05, 3.63) is 59.0 Å². The Kier molecular flexibility index (Phi) is 6.60. The van der Waals surface area contributed by atoms with Gasteiger partial charge in [0.2, 0.25) is 0 Å². The van der Waals surface area contributed by atoms with Crippen LogP contribution in [0.1, 0.15) is 29.6 Å². The van der Waals surface area contributed by atoms with Gasteiger partial charge in [0, 0.05) is 18.5 Å². The summed E-state index contributed by atoms with van der Waals surface area (Å²) >= 11 is 6.06. The van der Waals surface area contributed by atoms with E-state index in [0.717, 1.165) is 29.5 Å². The summed E-state index contributed by atoms with van der Waals surface area (Å²) in [6.07, 6.45) is 3.29. The fourth-order valence-corrected chi connectivity index (χ4v) is 4.08. The SMILES string of the molecule is O=C(O)CCn1ncc2cc(OCC3CCN(C(=O)c4cc(F)ccc4Cl)CC3)ccc21. The number of carbonyl (C=O) groups excluding carboxylic acids is 1. The molecule has 0 saturated carbocycles. The highest BCUT2D eigenvalue weighted by molar-refractivity contribution is 6.33. The molecule has 1 amide bonds. The number of hydrogen-bond donors (Lipinski definition) is 1. The zero-order chi connectivity index (χ0) is 22.7. The molecule has 7 nitrogen and oxygen atoms in total. The van der Waals surface area contributed by atoms with Crippen LogP contribution in [-0.4, -0.2) is 51.4 Å². The molecular weight excluding hydrogens is 437 g/mol. The molecule has 4 rings (SSSR count). The molecule has 0 unspecified atom stereocenters. The zero-order valence-corrected chi connectivity index (χ0v) is 18.1. The maximum Gasteiger partial charge on any atom is 0.305 e. The first-order valence-corrected chi connectivity index (χ1v) is 10.8. The van der Waals surface area contributed by atoms with Crippen LogP contribution in [0.2, 0.25) is 5.02 Å². The lowest BCUT2D eigenvalue weighted by Gasteiger charge is -2.32. The Bertz CT molecular complexity index is 1140. The minimum atomic E-state index is -0.861. The van der Waals surface area contributed by atoms with E-state index in [-0.39, 0.29) is 22.9 Å². The van der Waals surface area contributed by atoms with Gasteiger partial charge in [-0.25, -0.2) is 4.39 Å². The van der Waals surface area contributed by atoms with Gasteiger partial charge in [-0.05, 0) is 55.2 Å². The monoisotopic (exact) mass is 459 g/mol. The van der Waals surface area contributed by atoms with Gasteiger partial charge in [0.05, 0.1) is 41.9 Å². The molecule has 9 heteroatoms. The summed E-state index contributed by atoms with van der Waals surface area (Å²) in [7, 11) is 0. The molecular formula is C23H23ClFN3O4. The lowest BCUT2D eigenvalue weighted by molar-refractivity contribution is -0.137. The molecule has 168 valence electrons. The van der Waals surface area contributed by atoms with E-state index in [0.29, 0.717) is 32.2 Å². The predicted molar refractivity (Wildman–Crippen MR) is 118 cm³/mol. The number of halogens is 2. The minimum Gasteiger partial charge on any atom is -0.493 e. The molecule has 0 bridgehead atoms. The van der Waals surface area contributed by atoms with Crippen LogP contribution >= 0.6 is 11.6 Å². The summed E-state index contributed by atoms with van der Waals surface area (Å²) in [6.45, 7) is 1.97. The molecule has 3 aromatic rings. The van der Waals surface area contributed by atoms with E-state index in [2.05, 4.69) is 5.10 Å². The number of fused-ring (bicyclic) bond motifs is 1. The summed E-state index contributed by atoms with van der Waals surface area (Å²) < 4.78 is 21.1. The fraction of sp³-hybridized carbons (Fsp3) is 0.348. The highest BCUT2D eigenvalue weighted by Crippen LogP contribution is 2.25. The van der Waals surface area contributed by atoms with Crippen LogP contribution in [0.4, 0.5) is 4.39 Å². The van der Waals surface area contributed by atoms with E-state index >= 15 is 0 Å². The molecule has 32 heavy (non-hydrogen) atoms. The van der Waals surface area contributed by atoms with Crippen LogP contribution in [0.25, 0.3) is 10.9 Å². The molecule has 2 heterocycles. The van der Waals surface area contributed by atoms with E-state index in [9.17, 15) is 14.0 Å². The van der Waals surface area contributed by atoms with E-state index in [1.54, 1.807) is 15.8 Å². The quantitative estimate of drug-likeness (QED) is 0.571. The molecule has 1 aliphatic heterocycles. The number of benzene rings is 2. The summed E-state index contributed by atoms with van der Waals surface area (Å²) in [5.41, 5.74) is 1.06. The number of aryl methyl sites for hydroxylation is 1. The minimum absolute atomic E-state index is 0.0155. The molecule has 0 radical (unpaired) electrons. The Hall–Kier alpha value is -3.13. The average Bonchev–Trinajstić information content (AvgIpc) is 3.20. The van der Waals surface area contributed by atoms with Gasteiger partial charge in [0.15, 0.2) is 0 Å². The normalized spacial score (nSPS) is 14.6. The highest BCUT2D eigenvalue weighted by atomic mass is 35.5. The number of nitrogens with zero attached hydrogens (tertiary/aromatic N) is 3. The smallest absolute Gasteiger partial charge is 0.305 e. The van der Waals surface area contributed by atoms with Gasteiger partial charge in [0.25, 0.3) is 5.91 Å². The number of likely N-dealkylation sites (tertiary alicyclic amines) is 1. The molecule has 0 spiro atoms. The standard InChI is InChI=1S/C23H23ClFN3O4/c24-20-3-1-17(25)12-19(20)23(31)27-8-5-15(6-9-27)14-32-18-2-4-21-16(11-18)13-26-28(21)10-7-22(29)30/h1-4,11-13,15H,5-10,14H2,(H,29,30). The average molecular weight is 460 g/mol. The maximum atomic E-state index is 13.5. The molecule has 1 fully saturated rings. The fourth-order valence-electron chi connectivity index (χ4n) is 3.88. The number of aromatic nitrogens is 2. The molecule has 1 saturated heterocycles. The van der Waals surface area contributed by atoms with Crippen LogP contribution in [0.5, 0.6) is 5.75 Å². The van der Waals surface area contributed by atoms with Crippen molar-refractivity contribution in [3.8, 4) is 5.75 Å². The molecule has 0 aliphatic carbocycles. The van der Waals surface area contributed by atoms with Crippen molar-refractivity contribution < 1.29 is 23.8 Å². The first-order valence-electron chi connectivity index (χ1n) is 10.4. The summed E-state index contributed by atoms with van der Waals surface area (Å²) in [4.78, 5) is 25.1. The van der Waals surface area contributed by atoms with Gasteiger partial charge >= 0.3 is 5.97 Å². The predicted octanol–water partition coefficient (Wildman–Crippen LogP) is 4.23. The first-order chi connectivity index (χ1) is 15.4. The second kappa shape index (κ2) is 9.56. The van der Waals surface area contributed by atoms with Gasteiger partial charge in [-0.15, -0.1) is 0 Å². The van der Waals surface area contributed by atoms with Crippen LogP contribution in [0.3, 0.4) is 0 Å². The summed E-state index contributed by atoms with van der Waals surface area (Å²) in [5, 5.41) is 14.2. The number of carboxylic acids is 1. The number of aliphatic carboxylic acids is 1. The molecule has 1 aromatic heterocycles. The summed E-state index contributed by atoms with van der Waals surface area (Å²) in [6, 6.07) is 9.44. The third-order valence-electron chi connectivity index (χ3n) is 5.70. The van der Waals surface area contributed by atoms with Gasteiger partial charge < -0.3 is 14.7 Å². The lowest BCUT2D eigenvalue weighted by atomic mass is 9.97. The maximum absolute atomic E-state index is 13.5. The number of rotatable bonds is 7. The Morgan fingerprint density at radius 3 is 2.72 bits per heavy atom. The topological polar surface area (TPSA) is 84.7 Å². The van der Waals surface area contributed by atoms with E-state index < -0.39 is 11.8 Å². The molecule has 2 aromatic carbocycles. The molecule has 1 aliphatic rings. The van der Waals surface area contributed by atoms with Crippen molar-refractivity contribution in [2.45, 2.75) is 25.8 Å². The third-order valence-corrected chi connectivity index (χ3v) is 6.03. The van der Waals surface area contributed by atoms with Crippen LogP contribution < -0.4 is 4.74 Å². The number of amides is 1. The Morgan fingerprint density at radius 1 is 1.19 bits per heavy atom. The third kappa shape index (κ3) is 5.02. The van der Waals surface area contributed by atoms with Crippen LogP contribution in [0, 0.1) is 11.7 Å². The Morgan fingerprint density at radius 2 is 1.97 bits per heavy atom. The second-order valence-corrected chi connectivity index (χ2v) is 8.31. The number of hydrogen-bond acceptors (Lipinski definition) is 4. The van der Waals surface area contributed by atoms with Crippen LogP contribution in [0.15, 0.2) is 42.6 Å². The van der Waals surface area contributed by atoms with Gasteiger partial charge in [0.1, 0.15) is 11.6 Å². The Balaban J connectivity index is 1.30. The van der Waals surface area contributed by atoms with Gasteiger partial charge in [-0.1, -0.05) is 11.6 Å². The van der Waals surface area contributed by atoms with Gasteiger partial charge in [-0.2, -0.15) is 5.10 Å². The molecule has 1 N–H and O–H groups in total. The number of ether oxygens (including phenoxy) is 1. The number of piperidine rings is 1. The second-order valence-electron chi connectivity index (χ2n) is 7.90. The van der Waals surface area contributed by atoms with Crippen molar-refractivity contribution >= 4 is 34.4 Å². The van der Waals surface area contributed by atoms with Crippen molar-refractivity contribution in [2.75, 3.05) is 19.7 Å². The number of carbonyl (C=O) groups is 2. The van der Waals surface area contributed by atoms with E-state index in [4.69, 9.17) is 21.4 Å². The van der Waals surface area contributed by atoms with Crippen molar-refractivity contribution in [1.82, 2.24) is 14.7 Å². The molecule has 0 atom stereocenters. The van der Waals surface area contributed by atoms with Crippen molar-refractivity contribution in [2.24, 2.45) is 5.92 Å². The zero-order valence-electron chi connectivity index (χ0n) is 17.3. The van der Waals surface area contributed by atoms with Crippen LogP contribution in [-0.2, 0) is 11.3 Å². The lowest BCUT2D eigenvalue weighted by Crippen LogP contribution is -2.39. The van der Waals surface area contributed by atoms with Gasteiger partial charge in [-0.3, -0.25) is 14.3 Å². The Labute approximate surface area is 189 Å². The van der Waals surface area contributed by atoms with E-state index in [1.807, 2.05) is 18.2 Å².